The van der Waals surface area contributed by atoms with Crippen molar-refractivity contribution >= 4 is 28.5 Å². The number of piperidine rings is 1. The van der Waals surface area contributed by atoms with Gasteiger partial charge in [-0.2, -0.15) is 0 Å². The molecule has 0 bridgehead atoms. The van der Waals surface area contributed by atoms with E-state index in [0.717, 1.165) is 23.1 Å². The minimum absolute atomic E-state index is 0.0494. The predicted molar refractivity (Wildman–Crippen MR) is 111 cm³/mol. The van der Waals surface area contributed by atoms with Crippen molar-refractivity contribution < 1.29 is 18.7 Å². The van der Waals surface area contributed by atoms with E-state index >= 15 is 0 Å². The summed E-state index contributed by atoms with van der Waals surface area (Å²) >= 11 is 0. The first-order chi connectivity index (χ1) is 14.5. The summed E-state index contributed by atoms with van der Waals surface area (Å²) in [5, 5.41) is 3.73. The average Bonchev–Trinajstić information content (AvgIpc) is 3.02. The molecule has 7 heteroatoms. The summed E-state index contributed by atoms with van der Waals surface area (Å²) in [5.41, 5.74) is 1.05. The Labute approximate surface area is 172 Å². The molecule has 0 saturated carbocycles. The highest BCUT2D eigenvalue weighted by Gasteiger charge is 2.49. The fourth-order valence-corrected chi connectivity index (χ4v) is 4.41. The molecule has 1 unspecified atom stereocenters. The first-order valence-electron chi connectivity index (χ1n) is 9.91. The molecule has 1 atom stereocenters. The fraction of sp³-hybridized carbons (Fsp3) is 0.261. The quantitative estimate of drug-likeness (QED) is 0.678. The van der Waals surface area contributed by atoms with E-state index in [1.807, 2.05) is 24.3 Å². The lowest BCUT2D eigenvalue weighted by Crippen LogP contribution is -2.52. The van der Waals surface area contributed by atoms with Gasteiger partial charge in [-0.1, -0.05) is 18.2 Å². The molecular weight excluding hydrogens is 384 g/mol. The lowest BCUT2D eigenvalue weighted by atomic mass is 9.75. The molecule has 0 aliphatic carbocycles. The van der Waals surface area contributed by atoms with Crippen LogP contribution >= 0.6 is 0 Å². The van der Waals surface area contributed by atoms with Crippen LogP contribution in [-0.2, 0) is 15.0 Å². The summed E-state index contributed by atoms with van der Waals surface area (Å²) in [6, 6.07) is 15.8. The monoisotopic (exact) mass is 404 g/mol. The minimum atomic E-state index is -0.698. The van der Waals surface area contributed by atoms with Gasteiger partial charge < -0.3 is 19.4 Å². The molecule has 152 valence electrons. The summed E-state index contributed by atoms with van der Waals surface area (Å²) < 4.78 is 10.8. The van der Waals surface area contributed by atoms with Gasteiger partial charge in [0.05, 0.1) is 5.41 Å². The second kappa shape index (κ2) is 7.02. The maximum atomic E-state index is 12.8. The van der Waals surface area contributed by atoms with Crippen molar-refractivity contribution in [1.29, 1.82) is 0 Å². The third-order valence-corrected chi connectivity index (χ3v) is 5.93. The molecule has 2 aliphatic heterocycles. The van der Waals surface area contributed by atoms with Gasteiger partial charge in [-0.05, 0) is 42.7 Å². The Morgan fingerprint density at radius 1 is 1.13 bits per heavy atom. The minimum Gasteiger partial charge on any atom is -0.484 e. The number of nitrogens with one attached hydrogen (secondary N) is 1. The molecule has 2 amide bonds. The summed E-state index contributed by atoms with van der Waals surface area (Å²) in [7, 11) is 0. The zero-order valence-electron chi connectivity index (χ0n) is 16.2. The largest absolute Gasteiger partial charge is 0.484 e. The number of likely N-dealkylation sites (tertiary alicyclic amines) is 1. The number of rotatable bonds is 3. The molecule has 1 spiro atoms. The van der Waals surface area contributed by atoms with Crippen LogP contribution in [0.5, 0.6) is 5.75 Å². The molecule has 0 radical (unpaired) electrons. The number of carbonyl (C=O) groups excluding carboxylic acids is 2. The molecule has 1 aromatic heterocycles. The van der Waals surface area contributed by atoms with E-state index in [-0.39, 0.29) is 18.4 Å². The predicted octanol–water partition coefficient (Wildman–Crippen LogP) is 2.68. The topological polar surface area (TPSA) is 88.9 Å². The summed E-state index contributed by atoms with van der Waals surface area (Å²) in [4.78, 5) is 38.7. The number of hydrogen-bond donors (Lipinski definition) is 1. The van der Waals surface area contributed by atoms with Gasteiger partial charge in [0.1, 0.15) is 11.3 Å². The lowest BCUT2D eigenvalue weighted by molar-refractivity contribution is -0.137. The van der Waals surface area contributed by atoms with Crippen molar-refractivity contribution in [2.24, 2.45) is 0 Å². The van der Waals surface area contributed by atoms with Gasteiger partial charge in [0, 0.05) is 36.3 Å². The molecule has 1 N–H and O–H groups in total. The van der Waals surface area contributed by atoms with Crippen LogP contribution in [0.2, 0.25) is 0 Å². The van der Waals surface area contributed by atoms with Gasteiger partial charge in [0.15, 0.2) is 6.61 Å². The van der Waals surface area contributed by atoms with Crippen LogP contribution in [0.3, 0.4) is 0 Å². The van der Waals surface area contributed by atoms with Gasteiger partial charge in [-0.15, -0.1) is 0 Å². The first-order valence-corrected chi connectivity index (χ1v) is 9.91. The molecule has 1 fully saturated rings. The Morgan fingerprint density at radius 3 is 2.87 bits per heavy atom. The number of carbonyl (C=O) groups is 2. The smallest absolute Gasteiger partial charge is 0.336 e. The van der Waals surface area contributed by atoms with Gasteiger partial charge >= 0.3 is 5.63 Å². The number of fused-ring (bicyclic) bond motifs is 3. The maximum Gasteiger partial charge on any atom is 0.336 e. The zero-order valence-corrected chi connectivity index (χ0v) is 16.2. The summed E-state index contributed by atoms with van der Waals surface area (Å²) in [6.45, 7) is 0.776. The van der Waals surface area contributed by atoms with Crippen molar-refractivity contribution in [3.05, 3.63) is 70.6 Å². The van der Waals surface area contributed by atoms with E-state index in [0.29, 0.717) is 30.8 Å². The molecule has 7 nitrogen and oxygen atoms in total. The van der Waals surface area contributed by atoms with Gasteiger partial charge in [0.25, 0.3) is 5.91 Å². The van der Waals surface area contributed by atoms with E-state index in [9.17, 15) is 14.4 Å². The van der Waals surface area contributed by atoms with E-state index in [4.69, 9.17) is 9.15 Å². The van der Waals surface area contributed by atoms with Crippen molar-refractivity contribution in [2.75, 3.05) is 25.0 Å². The van der Waals surface area contributed by atoms with Crippen LogP contribution in [0.25, 0.3) is 11.0 Å². The first kappa shape index (κ1) is 18.4. The standard InChI is InChI=1S/C23H20N2O5/c26-20(13-29-16-8-6-15-7-9-21(27)30-19(15)12-16)25-11-3-10-23(14-25)17-4-1-2-5-18(17)24-22(23)28/h1-2,4-9,12H,3,10-11,13-14H2,(H,24,28). The van der Waals surface area contributed by atoms with Crippen molar-refractivity contribution in [3.63, 3.8) is 0 Å². The van der Waals surface area contributed by atoms with Crippen LogP contribution in [-0.4, -0.2) is 36.4 Å². The Balaban J connectivity index is 1.31. The van der Waals surface area contributed by atoms with Crippen LogP contribution in [0.15, 0.2) is 63.8 Å². The third kappa shape index (κ3) is 3.03. The Hall–Kier alpha value is -3.61. The van der Waals surface area contributed by atoms with Crippen molar-refractivity contribution in [1.82, 2.24) is 4.90 Å². The number of benzene rings is 2. The second-order valence-corrected chi connectivity index (χ2v) is 7.74. The molecule has 3 heterocycles. The van der Waals surface area contributed by atoms with Crippen LogP contribution in [0.1, 0.15) is 18.4 Å². The molecule has 3 aromatic rings. The van der Waals surface area contributed by atoms with Gasteiger partial charge in [-0.25, -0.2) is 4.79 Å². The third-order valence-electron chi connectivity index (χ3n) is 5.93. The normalized spacial score (nSPS) is 20.3. The molecule has 1 saturated heterocycles. The number of anilines is 1. The Kier molecular flexibility index (Phi) is 4.31. The molecular formula is C23H20N2O5. The fourth-order valence-electron chi connectivity index (χ4n) is 4.41. The van der Waals surface area contributed by atoms with E-state index < -0.39 is 11.0 Å². The zero-order chi connectivity index (χ0) is 20.7. The van der Waals surface area contributed by atoms with Crippen LogP contribution in [0, 0.1) is 0 Å². The van der Waals surface area contributed by atoms with Gasteiger partial charge in [0.2, 0.25) is 5.91 Å². The molecule has 5 rings (SSSR count). The molecule has 2 aliphatic rings. The average molecular weight is 404 g/mol. The van der Waals surface area contributed by atoms with Crippen LogP contribution < -0.4 is 15.7 Å². The second-order valence-electron chi connectivity index (χ2n) is 7.74. The summed E-state index contributed by atoms with van der Waals surface area (Å²) in [5.74, 6) is 0.216. The highest BCUT2D eigenvalue weighted by molar-refractivity contribution is 6.06. The van der Waals surface area contributed by atoms with E-state index in [1.54, 1.807) is 29.2 Å². The van der Waals surface area contributed by atoms with Crippen LogP contribution in [0.4, 0.5) is 5.69 Å². The number of amides is 2. The molecule has 30 heavy (non-hydrogen) atoms. The molecule has 2 aromatic carbocycles. The van der Waals surface area contributed by atoms with Crippen molar-refractivity contribution in [2.45, 2.75) is 18.3 Å². The number of nitrogens with zero attached hydrogens (tertiary/aromatic N) is 1. The Morgan fingerprint density at radius 2 is 1.97 bits per heavy atom. The number of ether oxygens (including phenoxy) is 1. The number of para-hydroxylation sites is 1. The maximum absolute atomic E-state index is 12.8. The summed E-state index contributed by atoms with van der Waals surface area (Å²) in [6.07, 6.45) is 1.46. The van der Waals surface area contributed by atoms with Crippen molar-refractivity contribution in [3.8, 4) is 5.75 Å². The highest BCUT2D eigenvalue weighted by Crippen LogP contribution is 2.43. The highest BCUT2D eigenvalue weighted by atomic mass is 16.5. The van der Waals surface area contributed by atoms with Gasteiger partial charge in [-0.3, -0.25) is 9.59 Å². The van der Waals surface area contributed by atoms with E-state index in [1.165, 1.54) is 6.07 Å². The lowest BCUT2D eigenvalue weighted by Gasteiger charge is -2.39. The SMILES string of the molecule is O=C(COc1ccc2ccc(=O)oc2c1)N1CCCC2(C1)C(=O)Nc1ccccc12. The number of hydrogen-bond acceptors (Lipinski definition) is 5. The Bertz CT molecular complexity index is 1220. The van der Waals surface area contributed by atoms with E-state index in [2.05, 4.69) is 5.32 Å².